The molecule has 0 radical (unpaired) electrons. The van der Waals surface area contributed by atoms with Gasteiger partial charge in [-0.1, -0.05) is 29.8 Å². The molecular formula is C17H15ClN2O. The highest BCUT2D eigenvalue weighted by atomic mass is 35.5. The lowest BCUT2D eigenvalue weighted by molar-refractivity contribution is 0.357. The third-order valence-electron chi connectivity index (χ3n) is 3.87. The monoisotopic (exact) mass is 298 g/mol. The summed E-state index contributed by atoms with van der Waals surface area (Å²) in [4.78, 5) is 3.37. The fraction of sp³-hybridized carbons (Fsp3) is 0.176. The zero-order valence-electron chi connectivity index (χ0n) is 11.4. The van der Waals surface area contributed by atoms with Crippen LogP contribution in [-0.4, -0.2) is 11.6 Å². The summed E-state index contributed by atoms with van der Waals surface area (Å²) in [5.74, 6) is 1.00. The number of hydrogen-bond donors (Lipinski definition) is 2. The zero-order chi connectivity index (χ0) is 14.2. The number of ether oxygens (including phenoxy) is 1. The first-order valence-corrected chi connectivity index (χ1v) is 7.44. The number of anilines is 1. The number of rotatable bonds is 3. The lowest BCUT2D eigenvalue weighted by atomic mass is 10.1. The summed E-state index contributed by atoms with van der Waals surface area (Å²) in [5.41, 5.74) is 4.44. The van der Waals surface area contributed by atoms with Crippen LogP contribution >= 0.6 is 11.6 Å². The molecule has 0 bridgehead atoms. The van der Waals surface area contributed by atoms with Crippen molar-refractivity contribution in [2.75, 3.05) is 11.9 Å². The Bertz CT molecular complexity index is 810. The lowest BCUT2D eigenvalue weighted by Gasteiger charge is -2.07. The van der Waals surface area contributed by atoms with Crippen LogP contribution in [0.5, 0.6) is 5.75 Å². The molecule has 21 heavy (non-hydrogen) atoms. The Balaban J connectivity index is 1.57. The molecule has 0 spiro atoms. The standard InChI is InChI=1S/C17H15ClN2O/c18-17-13-3-1-2-4-14(13)20-15(17)10-19-12-5-6-16-11(9-12)7-8-21-16/h1-6,9,19-20H,7-8,10H2. The molecule has 0 saturated carbocycles. The molecule has 2 heterocycles. The third kappa shape index (κ3) is 2.24. The second-order valence-corrected chi connectivity index (χ2v) is 5.62. The van der Waals surface area contributed by atoms with E-state index in [0.29, 0.717) is 6.54 Å². The summed E-state index contributed by atoms with van der Waals surface area (Å²) in [5, 5.41) is 5.28. The minimum Gasteiger partial charge on any atom is -0.493 e. The molecule has 3 aromatic rings. The fourth-order valence-corrected chi connectivity index (χ4v) is 3.05. The summed E-state index contributed by atoms with van der Waals surface area (Å²) < 4.78 is 5.52. The fourth-order valence-electron chi connectivity index (χ4n) is 2.77. The van der Waals surface area contributed by atoms with E-state index < -0.39 is 0 Å². The Kier molecular flexibility index (Phi) is 3.00. The van der Waals surface area contributed by atoms with Crippen LogP contribution in [0.2, 0.25) is 5.02 Å². The van der Waals surface area contributed by atoms with Gasteiger partial charge in [0, 0.05) is 23.0 Å². The van der Waals surface area contributed by atoms with Crippen molar-refractivity contribution in [3.8, 4) is 5.75 Å². The summed E-state index contributed by atoms with van der Waals surface area (Å²) >= 11 is 6.43. The number of aromatic amines is 1. The first kappa shape index (κ1) is 12.6. The Morgan fingerprint density at radius 3 is 3.00 bits per heavy atom. The van der Waals surface area contributed by atoms with Crippen molar-refractivity contribution in [2.24, 2.45) is 0 Å². The van der Waals surface area contributed by atoms with Gasteiger partial charge in [0.15, 0.2) is 0 Å². The molecule has 2 N–H and O–H groups in total. The molecule has 0 fully saturated rings. The SMILES string of the molecule is Clc1c(CNc2ccc3c(c2)CCO3)[nH]c2ccccc12. The molecule has 1 aliphatic heterocycles. The van der Waals surface area contributed by atoms with Crippen molar-refractivity contribution in [1.82, 2.24) is 4.98 Å². The molecule has 1 aromatic heterocycles. The highest BCUT2D eigenvalue weighted by Gasteiger charge is 2.13. The molecule has 4 rings (SSSR count). The largest absolute Gasteiger partial charge is 0.493 e. The van der Waals surface area contributed by atoms with Gasteiger partial charge >= 0.3 is 0 Å². The predicted octanol–water partition coefficient (Wildman–Crippen LogP) is 4.37. The molecule has 0 aliphatic carbocycles. The van der Waals surface area contributed by atoms with Crippen molar-refractivity contribution in [1.29, 1.82) is 0 Å². The van der Waals surface area contributed by atoms with Gasteiger partial charge in [0.1, 0.15) is 5.75 Å². The Labute approximate surface area is 127 Å². The van der Waals surface area contributed by atoms with E-state index in [1.54, 1.807) is 0 Å². The summed E-state index contributed by atoms with van der Waals surface area (Å²) in [7, 11) is 0. The molecule has 2 aromatic carbocycles. The van der Waals surface area contributed by atoms with Gasteiger partial charge in [-0.05, 0) is 29.8 Å². The second kappa shape index (κ2) is 5.01. The van der Waals surface area contributed by atoms with E-state index in [9.17, 15) is 0 Å². The van der Waals surface area contributed by atoms with Crippen molar-refractivity contribution < 1.29 is 4.74 Å². The van der Waals surface area contributed by atoms with Gasteiger partial charge in [-0.25, -0.2) is 0 Å². The number of nitrogens with one attached hydrogen (secondary N) is 2. The van der Waals surface area contributed by atoms with Crippen LogP contribution in [0.3, 0.4) is 0 Å². The average molecular weight is 299 g/mol. The minimum atomic E-state index is 0.674. The lowest BCUT2D eigenvalue weighted by Crippen LogP contribution is -2.00. The first-order valence-electron chi connectivity index (χ1n) is 7.06. The molecule has 106 valence electrons. The third-order valence-corrected chi connectivity index (χ3v) is 4.30. The Hall–Kier alpha value is -2.13. The molecule has 1 aliphatic rings. The van der Waals surface area contributed by atoms with Gasteiger partial charge in [0.05, 0.1) is 23.9 Å². The zero-order valence-corrected chi connectivity index (χ0v) is 12.2. The minimum absolute atomic E-state index is 0.674. The predicted molar refractivity (Wildman–Crippen MR) is 86.3 cm³/mol. The maximum atomic E-state index is 6.43. The first-order chi connectivity index (χ1) is 10.3. The van der Waals surface area contributed by atoms with E-state index >= 15 is 0 Å². The van der Waals surface area contributed by atoms with E-state index in [4.69, 9.17) is 16.3 Å². The number of aromatic nitrogens is 1. The van der Waals surface area contributed by atoms with Gasteiger partial charge in [0.2, 0.25) is 0 Å². The van der Waals surface area contributed by atoms with E-state index in [-0.39, 0.29) is 0 Å². The summed E-state index contributed by atoms with van der Waals surface area (Å²) in [6.07, 6.45) is 0.984. The van der Waals surface area contributed by atoms with Gasteiger partial charge in [0.25, 0.3) is 0 Å². The van der Waals surface area contributed by atoms with Gasteiger partial charge in [-0.3, -0.25) is 0 Å². The highest BCUT2D eigenvalue weighted by molar-refractivity contribution is 6.36. The summed E-state index contributed by atoms with van der Waals surface area (Å²) in [6.45, 7) is 1.46. The second-order valence-electron chi connectivity index (χ2n) is 5.24. The molecular weight excluding hydrogens is 284 g/mol. The van der Waals surface area contributed by atoms with Crippen molar-refractivity contribution in [2.45, 2.75) is 13.0 Å². The van der Waals surface area contributed by atoms with E-state index in [0.717, 1.165) is 46.1 Å². The van der Waals surface area contributed by atoms with Gasteiger partial charge in [-0.15, -0.1) is 0 Å². The highest BCUT2D eigenvalue weighted by Crippen LogP contribution is 2.30. The smallest absolute Gasteiger partial charge is 0.122 e. The van der Waals surface area contributed by atoms with Crippen LogP contribution < -0.4 is 10.1 Å². The molecule has 3 nitrogen and oxygen atoms in total. The van der Waals surface area contributed by atoms with Crippen LogP contribution in [0.25, 0.3) is 10.9 Å². The number of hydrogen-bond acceptors (Lipinski definition) is 2. The molecule has 0 amide bonds. The van der Waals surface area contributed by atoms with Gasteiger partial charge < -0.3 is 15.0 Å². The number of halogens is 1. The number of benzene rings is 2. The normalized spacial score (nSPS) is 13.2. The van der Waals surface area contributed by atoms with Crippen LogP contribution in [0.1, 0.15) is 11.3 Å². The number of H-pyrrole nitrogens is 1. The Morgan fingerprint density at radius 1 is 1.19 bits per heavy atom. The molecule has 4 heteroatoms. The summed E-state index contributed by atoms with van der Waals surface area (Å²) in [6, 6.07) is 14.3. The quantitative estimate of drug-likeness (QED) is 0.753. The Morgan fingerprint density at radius 2 is 2.10 bits per heavy atom. The average Bonchev–Trinajstić information content (AvgIpc) is 3.10. The van der Waals surface area contributed by atoms with Gasteiger partial charge in [-0.2, -0.15) is 0 Å². The van der Waals surface area contributed by atoms with Crippen LogP contribution in [0, 0.1) is 0 Å². The van der Waals surface area contributed by atoms with Crippen LogP contribution in [0.4, 0.5) is 5.69 Å². The van der Waals surface area contributed by atoms with E-state index in [2.05, 4.69) is 16.4 Å². The van der Waals surface area contributed by atoms with E-state index in [1.807, 2.05) is 36.4 Å². The van der Waals surface area contributed by atoms with Crippen LogP contribution in [-0.2, 0) is 13.0 Å². The van der Waals surface area contributed by atoms with Crippen molar-refractivity contribution >= 4 is 28.2 Å². The molecule has 0 saturated heterocycles. The topological polar surface area (TPSA) is 37.0 Å². The maximum Gasteiger partial charge on any atom is 0.122 e. The van der Waals surface area contributed by atoms with E-state index in [1.165, 1.54) is 5.56 Å². The van der Waals surface area contributed by atoms with Crippen molar-refractivity contribution in [3.63, 3.8) is 0 Å². The molecule has 0 atom stereocenters. The number of fused-ring (bicyclic) bond motifs is 2. The maximum absolute atomic E-state index is 6.43. The number of para-hydroxylation sites is 1. The molecule has 0 unspecified atom stereocenters. The van der Waals surface area contributed by atoms with Crippen LogP contribution in [0.15, 0.2) is 42.5 Å². The van der Waals surface area contributed by atoms with Crippen molar-refractivity contribution in [3.05, 3.63) is 58.7 Å².